The molecule has 4 rings (SSSR count). The molecule has 0 unspecified atom stereocenters. The maximum Gasteiger partial charge on any atom is 0.234 e. The normalized spacial score (nSPS) is 10.5. The van der Waals surface area contributed by atoms with Crippen LogP contribution in [0.1, 0.15) is 11.3 Å². The van der Waals surface area contributed by atoms with Crippen LogP contribution in [-0.2, 0) is 16.0 Å². The van der Waals surface area contributed by atoms with E-state index in [4.69, 9.17) is 4.74 Å². The molecule has 0 fully saturated rings. The van der Waals surface area contributed by atoms with Gasteiger partial charge < -0.3 is 15.4 Å². The van der Waals surface area contributed by atoms with Gasteiger partial charge in [-0.25, -0.2) is 4.98 Å². The van der Waals surface area contributed by atoms with Crippen molar-refractivity contribution in [2.45, 2.75) is 17.7 Å². The molecule has 172 valence electrons. The van der Waals surface area contributed by atoms with E-state index in [1.54, 1.807) is 12.1 Å². The first-order valence-corrected chi connectivity index (χ1v) is 12.5. The van der Waals surface area contributed by atoms with Crippen molar-refractivity contribution in [3.63, 3.8) is 0 Å². The SMILES string of the molecule is Cc1ccc(NC(=O)CSc2nc(CC(=O)Nc3ccc(Oc4ccccc4)cc3)cs2)cc1. The van der Waals surface area contributed by atoms with Crippen molar-refractivity contribution >= 4 is 46.3 Å². The number of nitrogens with one attached hydrogen (secondary N) is 2. The molecule has 0 aliphatic heterocycles. The second-order valence-electron chi connectivity index (χ2n) is 7.47. The van der Waals surface area contributed by atoms with Crippen LogP contribution < -0.4 is 15.4 Å². The first kappa shape index (κ1) is 23.5. The third-order valence-electron chi connectivity index (χ3n) is 4.65. The van der Waals surface area contributed by atoms with Gasteiger partial charge in [-0.05, 0) is 55.5 Å². The smallest absolute Gasteiger partial charge is 0.234 e. The minimum Gasteiger partial charge on any atom is -0.457 e. The van der Waals surface area contributed by atoms with E-state index in [0.717, 1.165) is 21.3 Å². The molecule has 0 bridgehead atoms. The van der Waals surface area contributed by atoms with Gasteiger partial charge in [0.15, 0.2) is 4.34 Å². The molecule has 1 heterocycles. The van der Waals surface area contributed by atoms with Crippen LogP contribution in [0.25, 0.3) is 0 Å². The van der Waals surface area contributed by atoms with Gasteiger partial charge in [0.05, 0.1) is 17.9 Å². The van der Waals surface area contributed by atoms with Crippen molar-refractivity contribution in [3.8, 4) is 11.5 Å². The van der Waals surface area contributed by atoms with Gasteiger partial charge in [0, 0.05) is 16.8 Å². The highest BCUT2D eigenvalue weighted by Crippen LogP contribution is 2.24. The molecule has 0 saturated carbocycles. The number of aromatic nitrogens is 1. The number of ether oxygens (including phenoxy) is 1. The minimum absolute atomic E-state index is 0.0944. The number of amides is 2. The minimum atomic E-state index is -0.157. The molecule has 8 heteroatoms. The number of hydrogen-bond donors (Lipinski definition) is 2. The molecule has 1 aromatic heterocycles. The standard InChI is InChI=1S/C26H23N3O3S2/c1-18-7-9-19(10-8-18)28-25(31)17-34-26-29-21(16-33-26)15-24(30)27-20-11-13-23(14-12-20)32-22-5-3-2-4-6-22/h2-14,16H,15,17H2,1H3,(H,27,30)(H,28,31). The summed E-state index contributed by atoms with van der Waals surface area (Å²) in [5.41, 5.74) is 3.27. The maximum absolute atomic E-state index is 12.4. The molecule has 0 saturated heterocycles. The largest absolute Gasteiger partial charge is 0.457 e. The van der Waals surface area contributed by atoms with E-state index in [0.29, 0.717) is 17.1 Å². The van der Waals surface area contributed by atoms with E-state index in [1.807, 2.05) is 79.0 Å². The number of thioether (sulfide) groups is 1. The van der Waals surface area contributed by atoms with Crippen LogP contribution in [0.5, 0.6) is 11.5 Å². The van der Waals surface area contributed by atoms with Crippen LogP contribution in [0.4, 0.5) is 11.4 Å². The van der Waals surface area contributed by atoms with E-state index >= 15 is 0 Å². The first-order chi connectivity index (χ1) is 16.5. The van der Waals surface area contributed by atoms with Gasteiger partial charge in [0.1, 0.15) is 11.5 Å². The average molecular weight is 490 g/mol. The Bertz CT molecular complexity index is 1240. The molecule has 34 heavy (non-hydrogen) atoms. The summed E-state index contributed by atoms with van der Waals surface area (Å²) in [6.45, 7) is 2.00. The molecule has 2 amide bonds. The highest BCUT2D eigenvalue weighted by Gasteiger charge is 2.11. The molecule has 6 nitrogen and oxygen atoms in total. The van der Waals surface area contributed by atoms with E-state index in [2.05, 4.69) is 15.6 Å². The number of carbonyl (C=O) groups excluding carboxylic acids is 2. The van der Waals surface area contributed by atoms with Crippen LogP contribution in [0, 0.1) is 6.92 Å². The third-order valence-corrected chi connectivity index (χ3v) is 6.72. The molecule has 0 atom stereocenters. The van der Waals surface area contributed by atoms with Crippen molar-refractivity contribution in [2.75, 3.05) is 16.4 Å². The van der Waals surface area contributed by atoms with Gasteiger partial charge in [0.25, 0.3) is 0 Å². The molecule has 0 aliphatic rings. The van der Waals surface area contributed by atoms with E-state index < -0.39 is 0 Å². The van der Waals surface area contributed by atoms with E-state index in [9.17, 15) is 9.59 Å². The Hall–Kier alpha value is -3.62. The summed E-state index contributed by atoms with van der Waals surface area (Å²) in [6.07, 6.45) is 0.162. The third kappa shape index (κ3) is 7.19. The molecule has 2 N–H and O–H groups in total. The van der Waals surface area contributed by atoms with Crippen molar-refractivity contribution in [2.24, 2.45) is 0 Å². The number of thiazole rings is 1. The fourth-order valence-corrected chi connectivity index (χ4v) is 4.64. The summed E-state index contributed by atoms with van der Waals surface area (Å²) in [5.74, 6) is 1.45. The zero-order chi connectivity index (χ0) is 23.8. The highest BCUT2D eigenvalue weighted by atomic mass is 32.2. The summed E-state index contributed by atoms with van der Waals surface area (Å²) in [5, 5.41) is 7.58. The molecule has 4 aromatic rings. The lowest BCUT2D eigenvalue weighted by Crippen LogP contribution is -2.14. The lowest BCUT2D eigenvalue weighted by atomic mass is 10.2. The summed E-state index contributed by atoms with van der Waals surface area (Å²) >= 11 is 2.78. The Kier molecular flexibility index (Phi) is 7.95. The lowest BCUT2D eigenvalue weighted by molar-refractivity contribution is -0.116. The Morgan fingerprint density at radius 2 is 1.47 bits per heavy atom. The van der Waals surface area contributed by atoms with Gasteiger partial charge in [-0.3, -0.25) is 9.59 Å². The number of benzene rings is 3. The Morgan fingerprint density at radius 1 is 0.853 bits per heavy atom. The number of anilines is 2. The molecular weight excluding hydrogens is 466 g/mol. The molecule has 0 radical (unpaired) electrons. The second kappa shape index (κ2) is 11.5. The predicted molar refractivity (Wildman–Crippen MR) is 138 cm³/mol. The zero-order valence-corrected chi connectivity index (χ0v) is 20.1. The number of rotatable bonds is 9. The second-order valence-corrected chi connectivity index (χ2v) is 9.55. The number of nitrogens with zero attached hydrogens (tertiary/aromatic N) is 1. The quantitative estimate of drug-likeness (QED) is 0.275. The Morgan fingerprint density at radius 3 is 2.18 bits per heavy atom. The van der Waals surface area contributed by atoms with Crippen LogP contribution >= 0.6 is 23.1 Å². The number of para-hydroxylation sites is 1. The summed E-state index contributed by atoms with van der Waals surface area (Å²) in [7, 11) is 0. The maximum atomic E-state index is 12.4. The number of hydrogen-bond acceptors (Lipinski definition) is 6. The molecular formula is C26H23N3O3S2. The van der Waals surface area contributed by atoms with Crippen molar-refractivity contribution in [1.29, 1.82) is 0 Å². The number of carbonyl (C=O) groups is 2. The molecule has 3 aromatic carbocycles. The molecule has 0 aliphatic carbocycles. The fourth-order valence-electron chi connectivity index (χ4n) is 3.00. The average Bonchev–Trinajstić information content (AvgIpc) is 3.28. The topological polar surface area (TPSA) is 80.3 Å². The Balaban J connectivity index is 1.22. The zero-order valence-electron chi connectivity index (χ0n) is 18.5. The van der Waals surface area contributed by atoms with Crippen molar-refractivity contribution in [3.05, 3.63) is 95.5 Å². The van der Waals surface area contributed by atoms with Gasteiger partial charge >= 0.3 is 0 Å². The van der Waals surface area contributed by atoms with E-state index in [1.165, 1.54) is 23.1 Å². The van der Waals surface area contributed by atoms with E-state index in [-0.39, 0.29) is 24.0 Å². The molecule has 0 spiro atoms. The van der Waals surface area contributed by atoms with Gasteiger partial charge in [-0.1, -0.05) is 47.7 Å². The van der Waals surface area contributed by atoms with Crippen LogP contribution in [0.15, 0.2) is 88.6 Å². The van der Waals surface area contributed by atoms with Crippen molar-refractivity contribution < 1.29 is 14.3 Å². The van der Waals surface area contributed by atoms with Gasteiger partial charge in [-0.15, -0.1) is 11.3 Å². The summed E-state index contributed by atoms with van der Waals surface area (Å²) < 4.78 is 6.52. The van der Waals surface area contributed by atoms with Gasteiger partial charge in [0.2, 0.25) is 11.8 Å². The Labute approximate surface area is 206 Å². The van der Waals surface area contributed by atoms with Gasteiger partial charge in [-0.2, -0.15) is 0 Å². The fraction of sp³-hybridized carbons (Fsp3) is 0.115. The monoisotopic (exact) mass is 489 g/mol. The van der Waals surface area contributed by atoms with Crippen LogP contribution in [-0.4, -0.2) is 22.6 Å². The number of aryl methyl sites for hydroxylation is 1. The summed E-state index contributed by atoms with van der Waals surface area (Å²) in [4.78, 5) is 29.0. The van der Waals surface area contributed by atoms with Crippen LogP contribution in [0.3, 0.4) is 0 Å². The van der Waals surface area contributed by atoms with Crippen molar-refractivity contribution in [1.82, 2.24) is 4.98 Å². The highest BCUT2D eigenvalue weighted by molar-refractivity contribution is 8.01. The van der Waals surface area contributed by atoms with Crippen LogP contribution in [0.2, 0.25) is 0 Å². The summed E-state index contributed by atoms with van der Waals surface area (Å²) in [6, 6.07) is 24.4. The predicted octanol–water partition coefficient (Wildman–Crippen LogP) is 6.16. The lowest BCUT2D eigenvalue weighted by Gasteiger charge is -2.07. The first-order valence-electron chi connectivity index (χ1n) is 10.6.